The number of isocyanates is 4. The summed E-state index contributed by atoms with van der Waals surface area (Å²) in [6.07, 6.45) is 17.7. The molecule has 0 radical (unpaired) electrons. The van der Waals surface area contributed by atoms with E-state index in [2.05, 4.69) is 20.0 Å². The molecule has 3 fully saturated rings. The molecule has 2 atom stereocenters. The monoisotopic (exact) mass is 426 g/mol. The minimum absolute atomic E-state index is 0.495. The Kier molecular flexibility index (Phi) is 7.64. The number of hydrogen-bond acceptors (Lipinski definition) is 8. The van der Waals surface area contributed by atoms with Crippen LogP contribution in [0.25, 0.3) is 0 Å². The summed E-state index contributed by atoms with van der Waals surface area (Å²) in [6.45, 7) is 0. The highest BCUT2D eigenvalue weighted by molar-refractivity contribution is 5.43. The van der Waals surface area contributed by atoms with Gasteiger partial charge in [0.05, 0.1) is 17.1 Å². The van der Waals surface area contributed by atoms with Crippen LogP contribution in [0.3, 0.4) is 0 Å². The summed E-state index contributed by atoms with van der Waals surface area (Å²) >= 11 is 0. The highest BCUT2D eigenvalue weighted by Crippen LogP contribution is 2.58. The zero-order valence-corrected chi connectivity index (χ0v) is 18.0. The SMILES string of the molecule is O=C=NC1CCCCC1(N=C=O)C(C1(N=C=O)CCCCC1)C1(N=C=O)CCCCC1. The van der Waals surface area contributed by atoms with Gasteiger partial charge in [-0.1, -0.05) is 51.4 Å². The zero-order chi connectivity index (χ0) is 22.2. The van der Waals surface area contributed by atoms with E-state index in [9.17, 15) is 19.2 Å². The fourth-order valence-electron chi connectivity index (χ4n) is 6.89. The normalized spacial score (nSPS) is 30.3. The molecule has 8 heteroatoms. The van der Waals surface area contributed by atoms with Crippen LogP contribution in [-0.2, 0) is 19.2 Å². The van der Waals surface area contributed by atoms with E-state index in [0.29, 0.717) is 38.5 Å². The molecule has 0 spiro atoms. The first-order chi connectivity index (χ1) is 15.1. The van der Waals surface area contributed by atoms with Crippen LogP contribution in [0.2, 0.25) is 0 Å². The van der Waals surface area contributed by atoms with Crippen LogP contribution in [0.5, 0.6) is 0 Å². The Morgan fingerprint density at radius 1 is 0.581 bits per heavy atom. The van der Waals surface area contributed by atoms with Crippen molar-refractivity contribution in [3.8, 4) is 0 Å². The number of nitrogens with zero attached hydrogens (tertiary/aromatic N) is 4. The van der Waals surface area contributed by atoms with Gasteiger partial charge in [-0.2, -0.15) is 20.0 Å². The van der Waals surface area contributed by atoms with Crippen molar-refractivity contribution in [3.05, 3.63) is 0 Å². The zero-order valence-electron chi connectivity index (χ0n) is 18.0. The molecule has 0 saturated heterocycles. The average molecular weight is 427 g/mol. The van der Waals surface area contributed by atoms with E-state index in [4.69, 9.17) is 0 Å². The molecule has 3 saturated carbocycles. The molecular weight excluding hydrogens is 396 g/mol. The number of hydrogen-bond donors (Lipinski definition) is 0. The topological polar surface area (TPSA) is 118 Å². The fourth-order valence-corrected chi connectivity index (χ4v) is 6.89. The summed E-state index contributed by atoms with van der Waals surface area (Å²) in [5, 5.41) is 0. The number of rotatable bonds is 7. The van der Waals surface area contributed by atoms with E-state index in [1.165, 1.54) is 0 Å². The van der Waals surface area contributed by atoms with E-state index in [0.717, 1.165) is 51.4 Å². The third kappa shape index (κ3) is 4.31. The minimum atomic E-state index is -1.12. The Morgan fingerprint density at radius 2 is 1.06 bits per heavy atom. The Hall–Kier alpha value is -2.48. The quantitative estimate of drug-likeness (QED) is 0.451. The summed E-state index contributed by atoms with van der Waals surface area (Å²) in [6, 6.07) is -0.591. The van der Waals surface area contributed by atoms with Crippen molar-refractivity contribution in [2.45, 2.75) is 113 Å². The average Bonchev–Trinajstić information content (AvgIpc) is 2.77. The Bertz CT molecular complexity index is 796. The summed E-state index contributed by atoms with van der Waals surface area (Å²) in [5.41, 5.74) is -2.86. The summed E-state index contributed by atoms with van der Waals surface area (Å²) in [7, 11) is 0. The fraction of sp³-hybridized carbons (Fsp3) is 0.826. The van der Waals surface area contributed by atoms with Gasteiger partial charge in [0.15, 0.2) is 0 Å². The standard InChI is InChI=1S/C23H30N4O4/c28-15-24-19-9-3-8-14-23(19,27-18-31)20(21(25-16-29)10-4-1-5-11-21)22(26-17-30)12-6-2-7-13-22/h19-20H,1-14H2. The lowest BCUT2D eigenvalue weighted by Crippen LogP contribution is -2.65. The predicted molar refractivity (Wildman–Crippen MR) is 113 cm³/mol. The molecule has 166 valence electrons. The molecule has 2 unspecified atom stereocenters. The van der Waals surface area contributed by atoms with E-state index in [1.807, 2.05) is 0 Å². The van der Waals surface area contributed by atoms with Gasteiger partial charge in [-0.3, -0.25) is 0 Å². The molecule has 3 rings (SSSR count). The van der Waals surface area contributed by atoms with Crippen molar-refractivity contribution in [3.63, 3.8) is 0 Å². The lowest BCUT2D eigenvalue weighted by molar-refractivity contribution is 0.00186. The van der Waals surface area contributed by atoms with Crippen LogP contribution >= 0.6 is 0 Å². The lowest BCUT2D eigenvalue weighted by atomic mass is 9.51. The Balaban J connectivity index is 2.34. The first-order valence-electron chi connectivity index (χ1n) is 11.5. The highest BCUT2D eigenvalue weighted by atomic mass is 16.1. The van der Waals surface area contributed by atoms with Gasteiger partial charge in [0.25, 0.3) is 0 Å². The smallest absolute Gasteiger partial charge is 0.211 e. The second-order valence-corrected chi connectivity index (χ2v) is 9.34. The summed E-state index contributed by atoms with van der Waals surface area (Å²) in [5.74, 6) is -0.542. The maximum Gasteiger partial charge on any atom is 0.235 e. The maximum absolute atomic E-state index is 11.8. The van der Waals surface area contributed by atoms with Crippen LogP contribution in [-0.4, -0.2) is 47.0 Å². The largest absolute Gasteiger partial charge is 0.235 e. The molecule has 31 heavy (non-hydrogen) atoms. The van der Waals surface area contributed by atoms with Crippen molar-refractivity contribution < 1.29 is 19.2 Å². The highest BCUT2D eigenvalue weighted by Gasteiger charge is 2.64. The molecule has 0 aromatic carbocycles. The molecule has 0 heterocycles. The Morgan fingerprint density at radius 3 is 1.52 bits per heavy atom. The number of aliphatic imine (C=N–C) groups is 4. The third-order valence-corrected chi connectivity index (χ3v) is 7.89. The van der Waals surface area contributed by atoms with Crippen LogP contribution in [0.15, 0.2) is 20.0 Å². The van der Waals surface area contributed by atoms with E-state index < -0.39 is 28.6 Å². The van der Waals surface area contributed by atoms with Gasteiger partial charge in [-0.05, 0) is 38.5 Å². The van der Waals surface area contributed by atoms with Crippen LogP contribution in [0.1, 0.15) is 89.9 Å². The van der Waals surface area contributed by atoms with Crippen molar-refractivity contribution in [2.24, 2.45) is 25.9 Å². The van der Waals surface area contributed by atoms with E-state index in [-0.39, 0.29) is 0 Å². The predicted octanol–water partition coefficient (Wildman–Crippen LogP) is 4.03. The minimum Gasteiger partial charge on any atom is -0.211 e. The molecule has 0 bridgehead atoms. The van der Waals surface area contributed by atoms with Crippen LogP contribution in [0, 0.1) is 5.92 Å². The molecule has 0 N–H and O–H groups in total. The van der Waals surface area contributed by atoms with E-state index >= 15 is 0 Å². The van der Waals surface area contributed by atoms with Crippen molar-refractivity contribution in [1.29, 1.82) is 0 Å². The second kappa shape index (κ2) is 10.2. The van der Waals surface area contributed by atoms with Gasteiger partial charge in [0, 0.05) is 5.92 Å². The third-order valence-electron chi connectivity index (χ3n) is 7.89. The molecule has 8 nitrogen and oxygen atoms in total. The van der Waals surface area contributed by atoms with Gasteiger partial charge in [-0.25, -0.2) is 19.2 Å². The van der Waals surface area contributed by atoms with Gasteiger partial charge < -0.3 is 0 Å². The van der Waals surface area contributed by atoms with Gasteiger partial charge >= 0.3 is 0 Å². The second-order valence-electron chi connectivity index (χ2n) is 9.34. The summed E-state index contributed by atoms with van der Waals surface area (Å²) in [4.78, 5) is 63.7. The maximum atomic E-state index is 11.8. The van der Waals surface area contributed by atoms with Crippen molar-refractivity contribution in [2.75, 3.05) is 0 Å². The molecule has 0 amide bonds. The summed E-state index contributed by atoms with van der Waals surface area (Å²) < 4.78 is 0. The first-order valence-corrected chi connectivity index (χ1v) is 11.5. The van der Waals surface area contributed by atoms with Crippen molar-refractivity contribution >= 4 is 24.3 Å². The molecule has 0 aromatic heterocycles. The molecule has 3 aliphatic rings. The number of carbonyl (C=O) groups excluding carboxylic acids is 4. The van der Waals surface area contributed by atoms with Crippen molar-refractivity contribution in [1.82, 2.24) is 0 Å². The van der Waals surface area contributed by atoms with Crippen LogP contribution in [0.4, 0.5) is 0 Å². The van der Waals surface area contributed by atoms with Gasteiger partial charge in [-0.15, -0.1) is 0 Å². The van der Waals surface area contributed by atoms with Gasteiger partial charge in [0.2, 0.25) is 24.3 Å². The Labute approximate surface area is 182 Å². The first kappa shape index (κ1) is 23.2. The lowest BCUT2D eigenvalue weighted by Gasteiger charge is -2.57. The molecule has 0 aromatic rings. The molecule has 3 aliphatic carbocycles. The van der Waals surface area contributed by atoms with E-state index in [1.54, 1.807) is 24.3 Å². The van der Waals surface area contributed by atoms with Gasteiger partial charge in [0.1, 0.15) is 5.54 Å². The molecule has 0 aliphatic heterocycles. The van der Waals surface area contributed by atoms with Crippen LogP contribution < -0.4 is 0 Å². The molecular formula is C23H30N4O4.